The van der Waals surface area contributed by atoms with Crippen LogP contribution in [0.5, 0.6) is 0 Å². The maximum absolute atomic E-state index is 13.1. The third kappa shape index (κ3) is 5.15. The van der Waals surface area contributed by atoms with Crippen molar-refractivity contribution in [3.05, 3.63) is 46.1 Å². The summed E-state index contributed by atoms with van der Waals surface area (Å²) in [6, 6.07) is 4.52. The molecule has 0 saturated carbocycles. The lowest BCUT2D eigenvalue weighted by molar-refractivity contribution is -0.137. The standard InChI is InChI=1S/C18H22F3N5O4S/c1-24-16(12-6-5-9-25(10-12)31(2,29)30)23-26(17(24)28)11-15(27)22-14-8-4-3-7-13(14)18(19,20)21/h3-4,7-8,12H,5-6,9-11H2,1-2H3,(H,22,27). The van der Waals surface area contributed by atoms with Crippen LogP contribution < -0.4 is 11.0 Å². The van der Waals surface area contributed by atoms with Gasteiger partial charge in [-0.05, 0) is 25.0 Å². The molecule has 1 unspecified atom stereocenters. The van der Waals surface area contributed by atoms with Gasteiger partial charge in [-0.25, -0.2) is 22.2 Å². The van der Waals surface area contributed by atoms with E-state index in [2.05, 4.69) is 10.4 Å². The minimum atomic E-state index is -4.65. The van der Waals surface area contributed by atoms with Crippen LogP contribution in [0.3, 0.4) is 0 Å². The smallest absolute Gasteiger partial charge is 0.324 e. The quantitative estimate of drug-likeness (QED) is 0.724. The second-order valence-corrected chi connectivity index (χ2v) is 9.39. The largest absolute Gasteiger partial charge is 0.418 e. The third-order valence-corrected chi connectivity index (χ3v) is 6.36. The van der Waals surface area contributed by atoms with Gasteiger partial charge in [-0.1, -0.05) is 12.1 Å². The minimum absolute atomic E-state index is 0.161. The highest BCUT2D eigenvalue weighted by Gasteiger charge is 2.34. The zero-order chi connectivity index (χ0) is 23.0. The molecule has 1 atom stereocenters. The van der Waals surface area contributed by atoms with Crippen LogP contribution in [0.2, 0.25) is 0 Å². The van der Waals surface area contributed by atoms with Crippen LogP contribution in [0, 0.1) is 0 Å². The Morgan fingerprint density at radius 3 is 2.61 bits per heavy atom. The molecule has 0 spiro atoms. The van der Waals surface area contributed by atoms with Crippen molar-refractivity contribution in [2.45, 2.75) is 31.5 Å². The molecule has 2 heterocycles. The average Bonchev–Trinajstić information content (AvgIpc) is 2.95. The van der Waals surface area contributed by atoms with Crippen LogP contribution in [0.15, 0.2) is 29.1 Å². The normalized spacial score (nSPS) is 18.2. The summed E-state index contributed by atoms with van der Waals surface area (Å²) in [5.41, 5.74) is -2.04. The molecule has 1 amide bonds. The van der Waals surface area contributed by atoms with Crippen molar-refractivity contribution >= 4 is 21.6 Å². The first-order valence-corrected chi connectivity index (χ1v) is 11.3. The number of benzene rings is 1. The summed E-state index contributed by atoms with van der Waals surface area (Å²) >= 11 is 0. The first-order chi connectivity index (χ1) is 14.4. The van der Waals surface area contributed by atoms with Crippen molar-refractivity contribution in [1.82, 2.24) is 18.7 Å². The van der Waals surface area contributed by atoms with Crippen LogP contribution in [0.4, 0.5) is 18.9 Å². The SMILES string of the molecule is Cn1c(C2CCCN(S(C)(=O)=O)C2)nn(CC(=O)Nc2ccccc2C(F)(F)F)c1=O. The molecule has 1 fully saturated rings. The molecule has 170 valence electrons. The number of para-hydroxylation sites is 1. The van der Waals surface area contributed by atoms with E-state index in [0.29, 0.717) is 25.2 Å². The topological polar surface area (TPSA) is 106 Å². The van der Waals surface area contributed by atoms with Gasteiger partial charge in [0.25, 0.3) is 0 Å². The van der Waals surface area contributed by atoms with Crippen LogP contribution in [-0.2, 0) is 34.6 Å². The number of aromatic nitrogens is 3. The Hall–Kier alpha value is -2.67. The van der Waals surface area contributed by atoms with Gasteiger partial charge in [0.2, 0.25) is 15.9 Å². The number of alkyl halides is 3. The second kappa shape index (κ2) is 8.46. The number of nitrogens with zero attached hydrogens (tertiary/aromatic N) is 4. The van der Waals surface area contributed by atoms with Crippen molar-refractivity contribution in [1.29, 1.82) is 0 Å². The number of rotatable bonds is 5. The molecule has 1 N–H and O–H groups in total. The third-order valence-electron chi connectivity index (χ3n) is 5.09. The number of hydrogen-bond donors (Lipinski definition) is 1. The van der Waals surface area contributed by atoms with E-state index in [1.54, 1.807) is 0 Å². The van der Waals surface area contributed by atoms with Gasteiger partial charge >= 0.3 is 11.9 Å². The van der Waals surface area contributed by atoms with E-state index in [-0.39, 0.29) is 12.5 Å². The summed E-state index contributed by atoms with van der Waals surface area (Å²) in [5.74, 6) is -0.858. The average molecular weight is 461 g/mol. The van der Waals surface area contributed by atoms with E-state index in [1.165, 1.54) is 28.1 Å². The second-order valence-electron chi connectivity index (χ2n) is 7.41. The molecule has 1 aliphatic rings. The predicted octanol–water partition coefficient (Wildman–Crippen LogP) is 1.38. The molecule has 9 nitrogen and oxygen atoms in total. The fourth-order valence-electron chi connectivity index (χ4n) is 3.58. The van der Waals surface area contributed by atoms with Crippen molar-refractivity contribution in [3.63, 3.8) is 0 Å². The van der Waals surface area contributed by atoms with E-state index in [1.807, 2.05) is 0 Å². The summed E-state index contributed by atoms with van der Waals surface area (Å²) in [5, 5.41) is 6.34. The van der Waals surface area contributed by atoms with E-state index in [9.17, 15) is 31.2 Å². The van der Waals surface area contributed by atoms with Gasteiger partial charge in [0, 0.05) is 26.1 Å². The number of piperidine rings is 1. The van der Waals surface area contributed by atoms with Crippen molar-refractivity contribution < 1.29 is 26.4 Å². The van der Waals surface area contributed by atoms with Gasteiger partial charge in [0.1, 0.15) is 12.4 Å². The van der Waals surface area contributed by atoms with E-state index in [0.717, 1.165) is 23.1 Å². The maximum atomic E-state index is 13.1. The first-order valence-electron chi connectivity index (χ1n) is 9.43. The zero-order valence-corrected chi connectivity index (χ0v) is 17.7. The molecule has 0 aliphatic carbocycles. The molecule has 1 aromatic carbocycles. The molecule has 1 aliphatic heterocycles. The Bertz CT molecular complexity index is 1140. The Morgan fingerprint density at radius 2 is 1.97 bits per heavy atom. The molecule has 3 rings (SSSR count). The van der Waals surface area contributed by atoms with Crippen LogP contribution in [0.1, 0.15) is 30.1 Å². The number of halogens is 3. The number of hydrogen-bond acceptors (Lipinski definition) is 5. The number of nitrogens with one attached hydrogen (secondary N) is 1. The van der Waals surface area contributed by atoms with E-state index >= 15 is 0 Å². The van der Waals surface area contributed by atoms with Gasteiger partial charge in [-0.3, -0.25) is 9.36 Å². The van der Waals surface area contributed by atoms with Crippen LogP contribution >= 0.6 is 0 Å². The highest BCUT2D eigenvalue weighted by Crippen LogP contribution is 2.34. The molecular weight excluding hydrogens is 439 g/mol. The minimum Gasteiger partial charge on any atom is -0.324 e. The van der Waals surface area contributed by atoms with Gasteiger partial charge in [0.05, 0.1) is 17.5 Å². The van der Waals surface area contributed by atoms with Crippen molar-refractivity contribution in [2.75, 3.05) is 24.7 Å². The fraction of sp³-hybridized carbons (Fsp3) is 0.500. The van der Waals surface area contributed by atoms with Crippen molar-refractivity contribution in [2.24, 2.45) is 7.05 Å². The Labute approximate surface area is 176 Å². The Morgan fingerprint density at radius 1 is 1.29 bits per heavy atom. The lowest BCUT2D eigenvalue weighted by atomic mass is 9.99. The molecule has 13 heteroatoms. The van der Waals surface area contributed by atoms with Crippen molar-refractivity contribution in [3.8, 4) is 0 Å². The summed E-state index contributed by atoms with van der Waals surface area (Å²) in [4.78, 5) is 24.8. The monoisotopic (exact) mass is 461 g/mol. The summed E-state index contributed by atoms with van der Waals surface area (Å²) in [6.45, 7) is -0.0410. The molecule has 0 radical (unpaired) electrons. The van der Waals surface area contributed by atoms with E-state index < -0.39 is 45.6 Å². The predicted molar refractivity (Wildman–Crippen MR) is 106 cm³/mol. The van der Waals surface area contributed by atoms with E-state index in [4.69, 9.17) is 0 Å². The highest BCUT2D eigenvalue weighted by molar-refractivity contribution is 7.88. The Kier molecular flexibility index (Phi) is 6.28. The molecule has 0 bridgehead atoms. The maximum Gasteiger partial charge on any atom is 0.418 e. The summed E-state index contributed by atoms with van der Waals surface area (Å²) < 4.78 is 66.4. The number of carbonyl (C=O) groups excluding carboxylic acids is 1. The Balaban J connectivity index is 1.79. The van der Waals surface area contributed by atoms with Crippen LogP contribution in [-0.4, -0.2) is 52.3 Å². The lowest BCUT2D eigenvalue weighted by Gasteiger charge is -2.30. The zero-order valence-electron chi connectivity index (χ0n) is 16.9. The summed E-state index contributed by atoms with van der Waals surface area (Å²) in [6.07, 6.45) is -2.34. The first kappa shape index (κ1) is 23.0. The molecule has 2 aromatic rings. The number of amides is 1. The van der Waals surface area contributed by atoms with Gasteiger partial charge in [0.15, 0.2) is 0 Å². The molecule has 1 saturated heterocycles. The highest BCUT2D eigenvalue weighted by atomic mass is 32.2. The van der Waals surface area contributed by atoms with Gasteiger partial charge in [-0.2, -0.15) is 18.3 Å². The molecule has 1 aromatic heterocycles. The molecule has 31 heavy (non-hydrogen) atoms. The summed E-state index contributed by atoms with van der Waals surface area (Å²) in [7, 11) is -1.94. The molecular formula is C18H22F3N5O4S. The van der Waals surface area contributed by atoms with Crippen LogP contribution in [0.25, 0.3) is 0 Å². The van der Waals surface area contributed by atoms with Gasteiger partial charge < -0.3 is 5.32 Å². The fourth-order valence-corrected chi connectivity index (χ4v) is 4.49. The lowest BCUT2D eigenvalue weighted by Crippen LogP contribution is -2.39. The number of anilines is 1. The van der Waals surface area contributed by atoms with Gasteiger partial charge in [-0.15, -0.1) is 0 Å². The number of sulfonamides is 1. The number of carbonyl (C=O) groups is 1.